The van der Waals surface area contributed by atoms with E-state index in [2.05, 4.69) is 19.2 Å². The van der Waals surface area contributed by atoms with Crippen LogP contribution in [0.2, 0.25) is 0 Å². The Bertz CT molecular complexity index is 190. The van der Waals surface area contributed by atoms with Gasteiger partial charge in [0.15, 0.2) is 0 Å². The molecule has 2 N–H and O–H groups in total. The second-order valence-corrected chi connectivity index (χ2v) is 4.96. The van der Waals surface area contributed by atoms with E-state index in [4.69, 9.17) is 0 Å². The van der Waals surface area contributed by atoms with Crippen molar-refractivity contribution in [1.29, 1.82) is 0 Å². The molecule has 0 aliphatic rings. The lowest BCUT2D eigenvalue weighted by atomic mass is 9.96. The van der Waals surface area contributed by atoms with E-state index in [1.165, 1.54) is 6.92 Å². The molecule has 98 valence electrons. The van der Waals surface area contributed by atoms with E-state index in [1.54, 1.807) is 0 Å². The average Bonchev–Trinajstić information content (AvgIpc) is 2.08. The van der Waals surface area contributed by atoms with Gasteiger partial charge in [0, 0.05) is 6.42 Å². The minimum absolute atomic E-state index is 0.236. The van der Waals surface area contributed by atoms with Crippen molar-refractivity contribution in [3.63, 3.8) is 0 Å². The minimum Gasteiger partial charge on any atom is -0.390 e. The molecule has 0 radical (unpaired) electrons. The smallest absolute Gasteiger partial charge is 0.389 e. The molecule has 0 aromatic carbocycles. The monoisotopic (exact) mass is 241 g/mol. The molecule has 0 heterocycles. The van der Waals surface area contributed by atoms with Crippen LogP contribution in [0, 0.1) is 5.92 Å². The Kier molecular flexibility index (Phi) is 6.33. The highest BCUT2D eigenvalue weighted by Gasteiger charge is 2.31. The second kappa shape index (κ2) is 6.45. The summed E-state index contributed by atoms with van der Waals surface area (Å²) in [5, 5.41) is 12.8. The Morgan fingerprint density at radius 2 is 1.69 bits per heavy atom. The van der Waals surface area contributed by atoms with E-state index in [0.717, 1.165) is 6.54 Å². The van der Waals surface area contributed by atoms with Crippen molar-refractivity contribution < 1.29 is 18.3 Å². The zero-order valence-electron chi connectivity index (χ0n) is 10.2. The molecule has 0 aromatic rings. The van der Waals surface area contributed by atoms with Gasteiger partial charge >= 0.3 is 6.18 Å². The molecule has 1 atom stereocenters. The summed E-state index contributed by atoms with van der Waals surface area (Å²) in [6, 6.07) is 0. The molecule has 0 aliphatic carbocycles. The predicted octanol–water partition coefficient (Wildman–Crippen LogP) is 2.72. The third-order valence-electron chi connectivity index (χ3n) is 2.34. The van der Waals surface area contributed by atoms with Crippen molar-refractivity contribution in [2.24, 2.45) is 5.92 Å². The van der Waals surface area contributed by atoms with Gasteiger partial charge in [-0.05, 0) is 38.8 Å². The van der Waals surface area contributed by atoms with Gasteiger partial charge in [-0.25, -0.2) is 0 Å². The number of hydrogen-bond acceptors (Lipinski definition) is 2. The quantitative estimate of drug-likeness (QED) is 0.672. The number of halogens is 3. The van der Waals surface area contributed by atoms with Gasteiger partial charge < -0.3 is 10.4 Å². The molecule has 0 rings (SSSR count). The normalized spacial score (nSPS) is 16.5. The van der Waals surface area contributed by atoms with Crippen LogP contribution in [0.3, 0.4) is 0 Å². The van der Waals surface area contributed by atoms with E-state index in [-0.39, 0.29) is 6.42 Å². The lowest BCUT2D eigenvalue weighted by Crippen LogP contribution is -2.32. The molecular formula is C11H22F3NO. The first-order chi connectivity index (χ1) is 7.12. The summed E-state index contributed by atoms with van der Waals surface area (Å²) < 4.78 is 35.9. The summed E-state index contributed by atoms with van der Waals surface area (Å²) in [6.07, 6.45) is -5.00. The van der Waals surface area contributed by atoms with Crippen molar-refractivity contribution in [1.82, 2.24) is 5.32 Å². The molecule has 0 bridgehead atoms. The fourth-order valence-electron chi connectivity index (χ4n) is 1.28. The third-order valence-corrected chi connectivity index (χ3v) is 2.34. The first-order valence-corrected chi connectivity index (χ1v) is 5.62. The summed E-state index contributed by atoms with van der Waals surface area (Å²) in [5.74, 6) is 0.500. The van der Waals surface area contributed by atoms with E-state index in [0.29, 0.717) is 18.9 Å². The summed E-state index contributed by atoms with van der Waals surface area (Å²) in [5.41, 5.74) is -1.24. The molecule has 0 aromatic heterocycles. The first-order valence-electron chi connectivity index (χ1n) is 5.62. The molecule has 2 nitrogen and oxygen atoms in total. The highest BCUT2D eigenvalue weighted by Crippen LogP contribution is 2.27. The minimum atomic E-state index is -4.19. The van der Waals surface area contributed by atoms with Crippen LogP contribution in [0.5, 0.6) is 0 Å². The van der Waals surface area contributed by atoms with E-state index in [9.17, 15) is 18.3 Å². The first kappa shape index (κ1) is 15.7. The van der Waals surface area contributed by atoms with Gasteiger partial charge in [0.1, 0.15) is 0 Å². The Morgan fingerprint density at radius 3 is 2.12 bits per heavy atom. The maximum atomic E-state index is 12.0. The summed E-state index contributed by atoms with van der Waals surface area (Å²) in [6.45, 7) is 6.91. The molecule has 0 saturated carbocycles. The van der Waals surface area contributed by atoms with Gasteiger partial charge in [0.05, 0.1) is 5.60 Å². The fraction of sp³-hybridized carbons (Fsp3) is 1.00. The molecule has 0 saturated heterocycles. The van der Waals surface area contributed by atoms with Crippen molar-refractivity contribution in [3.8, 4) is 0 Å². The van der Waals surface area contributed by atoms with E-state index < -0.39 is 18.2 Å². The zero-order chi connectivity index (χ0) is 12.8. The lowest BCUT2D eigenvalue weighted by molar-refractivity contribution is -0.145. The number of alkyl halides is 3. The van der Waals surface area contributed by atoms with Crippen LogP contribution in [-0.2, 0) is 0 Å². The Labute approximate surface area is 95.2 Å². The molecule has 5 heteroatoms. The number of rotatable bonds is 7. The maximum Gasteiger partial charge on any atom is 0.389 e. The van der Waals surface area contributed by atoms with Gasteiger partial charge in [-0.15, -0.1) is 0 Å². The largest absolute Gasteiger partial charge is 0.390 e. The standard InChI is InChI=1S/C11H22F3NO/c1-9(2)8-15-7-6-10(3,16)4-5-11(12,13)14/h9,15-16H,4-8H2,1-3H3. The van der Waals surface area contributed by atoms with Crippen LogP contribution >= 0.6 is 0 Å². The van der Waals surface area contributed by atoms with Crippen LogP contribution in [0.4, 0.5) is 13.2 Å². The summed E-state index contributed by atoms with van der Waals surface area (Å²) in [7, 11) is 0. The SMILES string of the molecule is CC(C)CNCCC(C)(O)CCC(F)(F)F. The molecule has 0 spiro atoms. The van der Waals surface area contributed by atoms with Crippen LogP contribution < -0.4 is 5.32 Å². The molecule has 16 heavy (non-hydrogen) atoms. The Hall–Kier alpha value is -0.290. The highest BCUT2D eigenvalue weighted by molar-refractivity contribution is 4.75. The number of hydrogen-bond donors (Lipinski definition) is 2. The van der Waals surface area contributed by atoms with Crippen molar-refractivity contribution in [2.75, 3.05) is 13.1 Å². The topological polar surface area (TPSA) is 32.3 Å². The van der Waals surface area contributed by atoms with Gasteiger partial charge in [-0.1, -0.05) is 13.8 Å². The van der Waals surface area contributed by atoms with Crippen LogP contribution in [0.15, 0.2) is 0 Å². The van der Waals surface area contributed by atoms with Crippen LogP contribution in [-0.4, -0.2) is 30.0 Å². The molecular weight excluding hydrogens is 219 g/mol. The zero-order valence-corrected chi connectivity index (χ0v) is 10.2. The molecule has 1 unspecified atom stereocenters. The van der Waals surface area contributed by atoms with E-state index in [1.807, 2.05) is 0 Å². The second-order valence-electron chi connectivity index (χ2n) is 4.96. The molecule has 0 amide bonds. The lowest BCUT2D eigenvalue weighted by Gasteiger charge is -2.24. The maximum absolute atomic E-state index is 12.0. The number of aliphatic hydroxyl groups is 1. The molecule has 0 aliphatic heterocycles. The summed E-state index contributed by atoms with van der Waals surface area (Å²) >= 11 is 0. The van der Waals surface area contributed by atoms with Crippen molar-refractivity contribution in [3.05, 3.63) is 0 Å². The van der Waals surface area contributed by atoms with E-state index >= 15 is 0 Å². The Balaban J connectivity index is 3.70. The van der Waals surface area contributed by atoms with Gasteiger partial charge in [0.2, 0.25) is 0 Å². The third kappa shape index (κ3) is 10.2. The highest BCUT2D eigenvalue weighted by atomic mass is 19.4. The average molecular weight is 241 g/mol. The Morgan fingerprint density at radius 1 is 1.12 bits per heavy atom. The van der Waals surface area contributed by atoms with Crippen LogP contribution in [0.1, 0.15) is 40.0 Å². The van der Waals surface area contributed by atoms with Crippen LogP contribution in [0.25, 0.3) is 0 Å². The fourth-order valence-corrected chi connectivity index (χ4v) is 1.28. The van der Waals surface area contributed by atoms with Gasteiger partial charge in [-0.2, -0.15) is 13.2 Å². The predicted molar refractivity (Wildman–Crippen MR) is 58.2 cm³/mol. The van der Waals surface area contributed by atoms with Crippen molar-refractivity contribution in [2.45, 2.75) is 51.8 Å². The number of nitrogens with one attached hydrogen (secondary N) is 1. The molecule has 0 fully saturated rings. The van der Waals surface area contributed by atoms with Gasteiger partial charge in [-0.3, -0.25) is 0 Å². The van der Waals surface area contributed by atoms with Crippen molar-refractivity contribution >= 4 is 0 Å². The summed E-state index contributed by atoms with van der Waals surface area (Å²) in [4.78, 5) is 0. The van der Waals surface area contributed by atoms with Gasteiger partial charge in [0.25, 0.3) is 0 Å².